The number of H-pyrrole nitrogens is 1. The molecule has 108 valence electrons. The Balaban J connectivity index is 1.64. The molecule has 0 bridgehead atoms. The van der Waals surface area contributed by atoms with Crippen molar-refractivity contribution in [2.24, 2.45) is 5.73 Å². The van der Waals surface area contributed by atoms with Crippen molar-refractivity contribution in [2.45, 2.75) is 13.1 Å². The predicted octanol–water partition coefficient (Wildman–Crippen LogP) is 2.12. The smallest absolute Gasteiger partial charge is 0.287 e. The highest BCUT2D eigenvalue weighted by Crippen LogP contribution is 2.22. The summed E-state index contributed by atoms with van der Waals surface area (Å²) in [6.45, 7) is 0.567. The summed E-state index contributed by atoms with van der Waals surface area (Å²) in [5.74, 6) is 0.643. The van der Waals surface area contributed by atoms with Crippen LogP contribution in [0.1, 0.15) is 21.9 Å². The topological polar surface area (TPSA) is 96.9 Å². The van der Waals surface area contributed by atoms with E-state index in [2.05, 4.69) is 15.3 Å². The van der Waals surface area contributed by atoms with Crippen LogP contribution in [0.2, 0.25) is 0 Å². The first-order valence-electron chi connectivity index (χ1n) is 6.40. The van der Waals surface area contributed by atoms with Crippen LogP contribution in [0.4, 0.5) is 0 Å². The minimum atomic E-state index is -0.297. The molecule has 0 spiro atoms. The van der Waals surface area contributed by atoms with Crippen molar-refractivity contribution in [1.29, 1.82) is 0 Å². The molecule has 3 heterocycles. The molecule has 0 atom stereocenters. The molecular formula is C14H14N4O2S. The van der Waals surface area contributed by atoms with E-state index in [1.165, 1.54) is 6.26 Å². The SMILES string of the molecule is NCc1ccoc1C(=O)NCc1ncc(-c2cccs2)[nH]1. The number of amides is 1. The highest BCUT2D eigenvalue weighted by molar-refractivity contribution is 7.13. The van der Waals surface area contributed by atoms with Crippen LogP contribution in [0.15, 0.2) is 40.5 Å². The Hall–Kier alpha value is -2.38. The van der Waals surface area contributed by atoms with Crippen LogP contribution in [0.3, 0.4) is 0 Å². The lowest BCUT2D eigenvalue weighted by molar-refractivity contribution is 0.0921. The number of rotatable bonds is 5. The monoisotopic (exact) mass is 302 g/mol. The molecule has 0 saturated carbocycles. The first kappa shape index (κ1) is 13.6. The summed E-state index contributed by atoms with van der Waals surface area (Å²) < 4.78 is 5.15. The van der Waals surface area contributed by atoms with E-state index in [4.69, 9.17) is 10.2 Å². The number of imidazole rings is 1. The van der Waals surface area contributed by atoms with E-state index in [0.29, 0.717) is 17.9 Å². The normalized spacial score (nSPS) is 10.7. The van der Waals surface area contributed by atoms with Crippen LogP contribution in [0.25, 0.3) is 10.6 Å². The number of nitrogens with zero attached hydrogens (tertiary/aromatic N) is 1. The second-order valence-electron chi connectivity index (χ2n) is 4.38. The molecule has 0 radical (unpaired) electrons. The van der Waals surface area contributed by atoms with E-state index in [0.717, 1.165) is 10.6 Å². The van der Waals surface area contributed by atoms with Gasteiger partial charge in [0, 0.05) is 12.1 Å². The van der Waals surface area contributed by atoms with Gasteiger partial charge in [0.05, 0.1) is 29.6 Å². The average molecular weight is 302 g/mol. The van der Waals surface area contributed by atoms with E-state index in [-0.39, 0.29) is 18.2 Å². The molecule has 0 saturated heterocycles. The largest absolute Gasteiger partial charge is 0.459 e. The molecule has 1 amide bonds. The van der Waals surface area contributed by atoms with Crippen LogP contribution in [-0.2, 0) is 13.1 Å². The van der Waals surface area contributed by atoms with Crippen molar-refractivity contribution in [3.05, 3.63) is 53.2 Å². The van der Waals surface area contributed by atoms with Gasteiger partial charge >= 0.3 is 0 Å². The Morgan fingerprint density at radius 2 is 2.38 bits per heavy atom. The van der Waals surface area contributed by atoms with Crippen LogP contribution in [-0.4, -0.2) is 15.9 Å². The minimum Gasteiger partial charge on any atom is -0.459 e. The molecule has 0 fully saturated rings. The standard InChI is InChI=1S/C14H14N4O2S/c15-6-9-3-4-20-13(9)14(19)17-8-12-16-7-10(18-12)11-2-1-5-21-11/h1-5,7H,6,8,15H2,(H,16,18)(H,17,19). The Bertz CT molecular complexity index is 730. The van der Waals surface area contributed by atoms with E-state index >= 15 is 0 Å². The highest BCUT2D eigenvalue weighted by Gasteiger charge is 2.14. The number of nitrogens with one attached hydrogen (secondary N) is 2. The molecule has 3 rings (SSSR count). The summed E-state index contributed by atoms with van der Waals surface area (Å²) in [5, 5.41) is 4.76. The van der Waals surface area contributed by atoms with E-state index in [1.807, 2.05) is 17.5 Å². The van der Waals surface area contributed by atoms with Crippen LogP contribution < -0.4 is 11.1 Å². The molecule has 3 aromatic heterocycles. The van der Waals surface area contributed by atoms with Gasteiger partial charge in [-0.25, -0.2) is 4.98 Å². The maximum Gasteiger partial charge on any atom is 0.287 e. The van der Waals surface area contributed by atoms with Gasteiger partial charge in [-0.2, -0.15) is 0 Å². The van der Waals surface area contributed by atoms with Crippen LogP contribution in [0.5, 0.6) is 0 Å². The summed E-state index contributed by atoms with van der Waals surface area (Å²) in [4.78, 5) is 20.5. The minimum absolute atomic E-state index is 0.252. The first-order valence-corrected chi connectivity index (χ1v) is 7.28. The Morgan fingerprint density at radius 3 is 3.14 bits per heavy atom. The fourth-order valence-corrected chi connectivity index (χ4v) is 2.64. The van der Waals surface area contributed by atoms with E-state index in [1.54, 1.807) is 23.6 Å². The molecule has 0 unspecified atom stereocenters. The summed E-state index contributed by atoms with van der Waals surface area (Å²) in [7, 11) is 0. The predicted molar refractivity (Wildman–Crippen MR) is 79.7 cm³/mol. The number of furan rings is 1. The first-order chi connectivity index (χ1) is 10.3. The summed E-state index contributed by atoms with van der Waals surface area (Å²) in [6, 6.07) is 5.68. The maximum atomic E-state index is 12.0. The highest BCUT2D eigenvalue weighted by atomic mass is 32.1. The fraction of sp³-hybridized carbons (Fsp3) is 0.143. The number of hydrogen-bond donors (Lipinski definition) is 3. The third kappa shape index (κ3) is 2.88. The van der Waals surface area contributed by atoms with Crippen molar-refractivity contribution in [3.8, 4) is 10.6 Å². The quantitative estimate of drug-likeness (QED) is 0.672. The Labute approximate surface area is 125 Å². The third-order valence-electron chi connectivity index (χ3n) is 3.00. The van der Waals surface area contributed by atoms with Gasteiger partial charge in [-0.1, -0.05) is 6.07 Å². The molecule has 0 aliphatic carbocycles. The van der Waals surface area contributed by atoms with Gasteiger partial charge in [0.1, 0.15) is 5.82 Å². The van der Waals surface area contributed by atoms with E-state index < -0.39 is 0 Å². The number of carbonyl (C=O) groups is 1. The summed E-state index contributed by atoms with van der Waals surface area (Å²) in [5.41, 5.74) is 7.17. The molecule has 4 N–H and O–H groups in total. The molecule has 0 aliphatic rings. The van der Waals surface area contributed by atoms with Crippen LogP contribution in [0, 0.1) is 0 Å². The second-order valence-corrected chi connectivity index (χ2v) is 5.33. The van der Waals surface area contributed by atoms with E-state index in [9.17, 15) is 4.79 Å². The van der Waals surface area contributed by atoms with Crippen molar-refractivity contribution >= 4 is 17.2 Å². The fourth-order valence-electron chi connectivity index (χ4n) is 1.95. The Morgan fingerprint density at radius 1 is 1.48 bits per heavy atom. The zero-order valence-corrected chi connectivity index (χ0v) is 11.9. The average Bonchev–Trinajstić information content (AvgIpc) is 3.24. The zero-order valence-electron chi connectivity index (χ0n) is 11.1. The lowest BCUT2D eigenvalue weighted by Gasteiger charge is -2.02. The number of carbonyl (C=O) groups excluding carboxylic acids is 1. The lowest BCUT2D eigenvalue weighted by Crippen LogP contribution is -2.24. The zero-order chi connectivity index (χ0) is 14.7. The van der Waals surface area contributed by atoms with Gasteiger partial charge in [-0.15, -0.1) is 11.3 Å². The molecule has 7 heteroatoms. The van der Waals surface area contributed by atoms with Crippen molar-refractivity contribution in [2.75, 3.05) is 0 Å². The lowest BCUT2D eigenvalue weighted by atomic mass is 10.2. The molecule has 3 aromatic rings. The second kappa shape index (κ2) is 5.94. The van der Waals surface area contributed by atoms with Gasteiger partial charge in [0.2, 0.25) is 0 Å². The molecule has 6 nitrogen and oxygen atoms in total. The third-order valence-corrected chi connectivity index (χ3v) is 3.91. The number of nitrogens with two attached hydrogens (primary N) is 1. The number of thiophene rings is 1. The summed E-state index contributed by atoms with van der Waals surface area (Å²) in [6.07, 6.45) is 3.21. The summed E-state index contributed by atoms with van der Waals surface area (Å²) >= 11 is 1.63. The molecule has 0 aromatic carbocycles. The maximum absolute atomic E-state index is 12.0. The van der Waals surface area contributed by atoms with Crippen LogP contribution >= 0.6 is 11.3 Å². The van der Waals surface area contributed by atoms with Gasteiger partial charge < -0.3 is 20.5 Å². The van der Waals surface area contributed by atoms with Crippen molar-refractivity contribution < 1.29 is 9.21 Å². The Kier molecular flexibility index (Phi) is 3.85. The molecule has 21 heavy (non-hydrogen) atoms. The van der Waals surface area contributed by atoms with Gasteiger partial charge in [0.15, 0.2) is 5.76 Å². The van der Waals surface area contributed by atoms with Gasteiger partial charge in [0.25, 0.3) is 5.91 Å². The number of aromatic nitrogens is 2. The number of aromatic amines is 1. The van der Waals surface area contributed by atoms with Gasteiger partial charge in [-0.05, 0) is 17.5 Å². The van der Waals surface area contributed by atoms with Gasteiger partial charge in [-0.3, -0.25) is 4.79 Å². The molecule has 0 aliphatic heterocycles. The molecular weight excluding hydrogens is 288 g/mol. The van der Waals surface area contributed by atoms with Crippen molar-refractivity contribution in [3.63, 3.8) is 0 Å². The number of hydrogen-bond acceptors (Lipinski definition) is 5. The van der Waals surface area contributed by atoms with Crippen molar-refractivity contribution in [1.82, 2.24) is 15.3 Å².